The second-order valence-corrected chi connectivity index (χ2v) is 4.47. The van der Waals surface area contributed by atoms with Gasteiger partial charge in [-0.15, -0.1) is 0 Å². The minimum atomic E-state index is 0.242. The lowest BCUT2D eigenvalue weighted by Gasteiger charge is -2.11. The van der Waals surface area contributed by atoms with Gasteiger partial charge in [0.15, 0.2) is 0 Å². The molecule has 0 aliphatic heterocycles. The molecule has 0 aromatic heterocycles. The van der Waals surface area contributed by atoms with E-state index in [1.165, 1.54) is 0 Å². The largest absolute Gasteiger partial charge is 0.492 e. The number of hydrogen-bond acceptors (Lipinski definition) is 3. The van der Waals surface area contributed by atoms with Crippen LogP contribution in [-0.4, -0.2) is 32.9 Å². The number of hydrogen-bond donors (Lipinski definition) is 1. The van der Waals surface area contributed by atoms with Crippen molar-refractivity contribution in [1.29, 1.82) is 0 Å². The van der Waals surface area contributed by atoms with Gasteiger partial charge in [-0.1, -0.05) is 22.0 Å². The van der Waals surface area contributed by atoms with Crippen LogP contribution >= 0.6 is 15.9 Å². The molecule has 1 aromatic carbocycles. The Hall–Kier alpha value is -0.580. The minimum absolute atomic E-state index is 0.242. The van der Waals surface area contributed by atoms with E-state index in [9.17, 15) is 0 Å². The van der Waals surface area contributed by atoms with Crippen molar-refractivity contribution in [3.05, 3.63) is 28.7 Å². The fourth-order valence-corrected chi connectivity index (χ4v) is 1.56. The first-order chi connectivity index (χ1) is 7.72. The first-order valence-electron chi connectivity index (χ1n) is 5.34. The highest BCUT2D eigenvalue weighted by molar-refractivity contribution is 9.10. The molecule has 1 atom stereocenters. The molecular formula is C12H18BrNO2. The molecule has 3 nitrogen and oxygen atoms in total. The average molecular weight is 288 g/mol. The zero-order valence-corrected chi connectivity index (χ0v) is 11.3. The van der Waals surface area contributed by atoms with Gasteiger partial charge in [-0.3, -0.25) is 0 Å². The number of nitrogens with one attached hydrogen (secondary N) is 1. The molecule has 90 valence electrons. The van der Waals surface area contributed by atoms with Crippen LogP contribution in [-0.2, 0) is 4.74 Å². The quantitative estimate of drug-likeness (QED) is 0.782. The number of rotatable bonds is 7. The maximum atomic E-state index is 5.57. The number of ether oxygens (including phenoxy) is 2. The SMILES string of the molecule is COC(C)CNCCOc1cccc(Br)c1. The maximum absolute atomic E-state index is 5.57. The highest BCUT2D eigenvalue weighted by atomic mass is 79.9. The van der Waals surface area contributed by atoms with Crippen molar-refractivity contribution < 1.29 is 9.47 Å². The van der Waals surface area contributed by atoms with E-state index in [1.807, 2.05) is 31.2 Å². The third-order valence-corrected chi connectivity index (χ3v) is 2.67. The molecule has 0 spiro atoms. The summed E-state index contributed by atoms with van der Waals surface area (Å²) < 4.78 is 11.7. The zero-order chi connectivity index (χ0) is 11.8. The smallest absolute Gasteiger partial charge is 0.120 e. The topological polar surface area (TPSA) is 30.5 Å². The fourth-order valence-electron chi connectivity index (χ4n) is 1.19. The molecule has 0 fully saturated rings. The summed E-state index contributed by atoms with van der Waals surface area (Å²) in [6.45, 7) is 4.35. The Labute approximate surface area is 105 Å². The summed E-state index contributed by atoms with van der Waals surface area (Å²) in [5, 5.41) is 3.26. The first-order valence-corrected chi connectivity index (χ1v) is 6.13. The van der Waals surface area contributed by atoms with Crippen LogP contribution in [0, 0.1) is 0 Å². The van der Waals surface area contributed by atoms with Gasteiger partial charge in [0.1, 0.15) is 12.4 Å². The van der Waals surface area contributed by atoms with Gasteiger partial charge in [-0.05, 0) is 25.1 Å². The lowest BCUT2D eigenvalue weighted by molar-refractivity contribution is 0.116. The Morgan fingerprint density at radius 2 is 2.25 bits per heavy atom. The third-order valence-electron chi connectivity index (χ3n) is 2.18. The van der Waals surface area contributed by atoms with E-state index in [-0.39, 0.29) is 6.10 Å². The fraction of sp³-hybridized carbons (Fsp3) is 0.500. The number of benzene rings is 1. The van der Waals surface area contributed by atoms with Crippen LogP contribution in [0.15, 0.2) is 28.7 Å². The van der Waals surface area contributed by atoms with Crippen LogP contribution in [0.1, 0.15) is 6.92 Å². The van der Waals surface area contributed by atoms with Gasteiger partial charge in [0, 0.05) is 24.7 Å². The van der Waals surface area contributed by atoms with Gasteiger partial charge in [-0.25, -0.2) is 0 Å². The Morgan fingerprint density at radius 1 is 1.44 bits per heavy atom. The standard InChI is InChI=1S/C12H18BrNO2/c1-10(15-2)9-14-6-7-16-12-5-3-4-11(13)8-12/h3-5,8,10,14H,6-7,9H2,1-2H3. The molecule has 0 saturated heterocycles. The summed E-state index contributed by atoms with van der Waals surface area (Å²) in [7, 11) is 1.71. The summed E-state index contributed by atoms with van der Waals surface area (Å²) in [5.41, 5.74) is 0. The van der Waals surface area contributed by atoms with E-state index in [0.717, 1.165) is 23.3 Å². The van der Waals surface area contributed by atoms with Crippen molar-refractivity contribution in [2.24, 2.45) is 0 Å². The van der Waals surface area contributed by atoms with Crippen molar-refractivity contribution in [1.82, 2.24) is 5.32 Å². The highest BCUT2D eigenvalue weighted by Crippen LogP contribution is 2.17. The predicted molar refractivity (Wildman–Crippen MR) is 69.0 cm³/mol. The van der Waals surface area contributed by atoms with E-state index < -0.39 is 0 Å². The molecule has 1 aromatic rings. The third kappa shape index (κ3) is 5.49. The van der Waals surface area contributed by atoms with Gasteiger partial charge >= 0.3 is 0 Å². The van der Waals surface area contributed by atoms with Crippen LogP contribution in [0.3, 0.4) is 0 Å². The molecule has 0 aliphatic rings. The molecule has 0 bridgehead atoms. The summed E-state index contributed by atoms with van der Waals surface area (Å²) in [4.78, 5) is 0. The molecule has 0 aliphatic carbocycles. The lowest BCUT2D eigenvalue weighted by Crippen LogP contribution is -2.29. The molecule has 1 rings (SSSR count). The zero-order valence-electron chi connectivity index (χ0n) is 9.70. The lowest BCUT2D eigenvalue weighted by atomic mass is 10.3. The molecule has 1 N–H and O–H groups in total. The highest BCUT2D eigenvalue weighted by Gasteiger charge is 1.98. The van der Waals surface area contributed by atoms with Gasteiger partial charge in [0.05, 0.1) is 6.10 Å². The second-order valence-electron chi connectivity index (χ2n) is 3.56. The maximum Gasteiger partial charge on any atom is 0.120 e. The Bertz CT molecular complexity index is 307. The van der Waals surface area contributed by atoms with E-state index >= 15 is 0 Å². The van der Waals surface area contributed by atoms with E-state index in [0.29, 0.717) is 6.61 Å². The number of halogens is 1. The van der Waals surface area contributed by atoms with Crippen LogP contribution in [0.5, 0.6) is 5.75 Å². The second kappa shape index (κ2) is 7.65. The normalized spacial score (nSPS) is 12.4. The molecule has 0 radical (unpaired) electrons. The van der Waals surface area contributed by atoms with Crippen molar-refractivity contribution >= 4 is 15.9 Å². The van der Waals surface area contributed by atoms with Gasteiger partial charge in [0.2, 0.25) is 0 Å². The minimum Gasteiger partial charge on any atom is -0.492 e. The molecule has 0 saturated carbocycles. The van der Waals surface area contributed by atoms with Crippen molar-refractivity contribution in [3.63, 3.8) is 0 Å². The Kier molecular flexibility index (Phi) is 6.45. The predicted octanol–water partition coefficient (Wildman–Crippen LogP) is 2.45. The molecule has 0 amide bonds. The van der Waals surface area contributed by atoms with Crippen molar-refractivity contribution in [2.45, 2.75) is 13.0 Å². The molecule has 4 heteroatoms. The average Bonchev–Trinajstić information content (AvgIpc) is 2.28. The summed E-state index contributed by atoms with van der Waals surface area (Å²) in [6.07, 6.45) is 0.242. The monoisotopic (exact) mass is 287 g/mol. The molecule has 1 unspecified atom stereocenters. The van der Waals surface area contributed by atoms with Crippen molar-refractivity contribution in [3.8, 4) is 5.75 Å². The van der Waals surface area contributed by atoms with Crippen LogP contribution in [0.4, 0.5) is 0 Å². The van der Waals surface area contributed by atoms with E-state index in [2.05, 4.69) is 21.2 Å². The number of methoxy groups -OCH3 is 1. The Morgan fingerprint density at radius 3 is 2.94 bits per heavy atom. The summed E-state index contributed by atoms with van der Waals surface area (Å²) in [5.74, 6) is 0.885. The van der Waals surface area contributed by atoms with Gasteiger partial charge < -0.3 is 14.8 Å². The summed E-state index contributed by atoms with van der Waals surface area (Å²) >= 11 is 3.40. The van der Waals surface area contributed by atoms with Gasteiger partial charge in [0.25, 0.3) is 0 Å². The Balaban J connectivity index is 2.12. The first kappa shape index (κ1) is 13.5. The van der Waals surface area contributed by atoms with Gasteiger partial charge in [-0.2, -0.15) is 0 Å². The van der Waals surface area contributed by atoms with Crippen molar-refractivity contribution in [2.75, 3.05) is 26.8 Å². The molecule has 16 heavy (non-hydrogen) atoms. The van der Waals surface area contributed by atoms with Crippen LogP contribution < -0.4 is 10.1 Å². The van der Waals surface area contributed by atoms with E-state index in [1.54, 1.807) is 7.11 Å². The molecular weight excluding hydrogens is 270 g/mol. The molecule has 0 heterocycles. The summed E-state index contributed by atoms with van der Waals surface area (Å²) in [6, 6.07) is 7.84. The van der Waals surface area contributed by atoms with Crippen LogP contribution in [0.25, 0.3) is 0 Å². The van der Waals surface area contributed by atoms with E-state index in [4.69, 9.17) is 9.47 Å². The van der Waals surface area contributed by atoms with Crippen LogP contribution in [0.2, 0.25) is 0 Å².